The van der Waals surface area contributed by atoms with Crippen molar-refractivity contribution in [2.75, 3.05) is 0 Å². The van der Waals surface area contributed by atoms with E-state index in [9.17, 15) is 18.0 Å². The van der Waals surface area contributed by atoms with Crippen molar-refractivity contribution in [1.82, 2.24) is 4.72 Å². The minimum Gasteiger partial charge on any atom is -0.480 e. The number of carbonyl (C=O) groups excluding carboxylic acids is 1. The van der Waals surface area contributed by atoms with Crippen molar-refractivity contribution in [2.45, 2.75) is 37.1 Å². The van der Waals surface area contributed by atoms with Gasteiger partial charge in [-0.05, 0) is 31.9 Å². The fourth-order valence-electron chi connectivity index (χ4n) is 1.58. The lowest BCUT2D eigenvalue weighted by Gasteiger charge is -2.08. The molecule has 1 atom stereocenters. The van der Waals surface area contributed by atoms with Gasteiger partial charge in [0.1, 0.15) is 6.04 Å². The van der Waals surface area contributed by atoms with E-state index in [4.69, 9.17) is 10.8 Å². The van der Waals surface area contributed by atoms with Crippen LogP contribution in [0.15, 0.2) is 29.2 Å². The lowest BCUT2D eigenvalue weighted by molar-refractivity contribution is -0.138. The predicted molar refractivity (Wildman–Crippen MR) is 76.0 cm³/mol. The van der Waals surface area contributed by atoms with E-state index < -0.39 is 27.9 Å². The second-order valence-electron chi connectivity index (χ2n) is 4.68. The highest BCUT2D eigenvalue weighted by Crippen LogP contribution is 2.10. The molecule has 0 saturated heterocycles. The fraction of sp³-hybridized carbons (Fsp3) is 0.385. The van der Waals surface area contributed by atoms with Crippen molar-refractivity contribution >= 4 is 21.9 Å². The Morgan fingerprint density at radius 3 is 2.38 bits per heavy atom. The molecule has 0 aliphatic heterocycles. The van der Waals surface area contributed by atoms with E-state index in [-0.39, 0.29) is 24.2 Å². The van der Waals surface area contributed by atoms with Crippen molar-refractivity contribution in [3.8, 4) is 0 Å². The standard InChI is InChI=1S/C13H18N2O5S/c1-9-5-7-10(8-6-9)21(19,20)15-12(16)4-2-3-11(14)13(17)18/h5-8,11H,2-4,14H2,1H3,(H,15,16)(H,17,18). The highest BCUT2D eigenvalue weighted by molar-refractivity contribution is 7.90. The number of amides is 1. The van der Waals surface area contributed by atoms with Crippen molar-refractivity contribution in [3.63, 3.8) is 0 Å². The zero-order valence-electron chi connectivity index (χ0n) is 11.6. The average molecular weight is 314 g/mol. The van der Waals surface area contributed by atoms with Gasteiger partial charge < -0.3 is 10.8 Å². The van der Waals surface area contributed by atoms with Gasteiger partial charge in [-0.3, -0.25) is 9.59 Å². The van der Waals surface area contributed by atoms with Crippen LogP contribution in [-0.2, 0) is 19.6 Å². The van der Waals surface area contributed by atoms with Crippen LogP contribution in [-0.4, -0.2) is 31.4 Å². The van der Waals surface area contributed by atoms with Gasteiger partial charge in [-0.25, -0.2) is 13.1 Å². The normalized spacial score (nSPS) is 12.7. The number of sulfonamides is 1. The molecule has 0 aliphatic rings. The van der Waals surface area contributed by atoms with Crippen LogP contribution in [0, 0.1) is 6.92 Å². The monoisotopic (exact) mass is 314 g/mol. The number of aliphatic carboxylic acids is 1. The topological polar surface area (TPSA) is 127 Å². The Morgan fingerprint density at radius 2 is 1.86 bits per heavy atom. The molecule has 0 aromatic heterocycles. The summed E-state index contributed by atoms with van der Waals surface area (Å²) < 4.78 is 25.8. The molecule has 0 fully saturated rings. The molecule has 1 aromatic rings. The molecule has 1 unspecified atom stereocenters. The number of rotatable bonds is 7. The Kier molecular flexibility index (Phi) is 5.86. The minimum absolute atomic E-state index is 0.00341. The van der Waals surface area contributed by atoms with E-state index in [2.05, 4.69) is 0 Å². The summed E-state index contributed by atoms with van der Waals surface area (Å²) in [6, 6.07) is 5.03. The molecular weight excluding hydrogens is 296 g/mol. The Bertz CT molecular complexity index is 610. The zero-order valence-corrected chi connectivity index (χ0v) is 12.4. The number of hydrogen-bond acceptors (Lipinski definition) is 5. The zero-order chi connectivity index (χ0) is 16.0. The Labute approximate surface area is 123 Å². The smallest absolute Gasteiger partial charge is 0.320 e. The summed E-state index contributed by atoms with van der Waals surface area (Å²) in [5.74, 6) is -1.84. The largest absolute Gasteiger partial charge is 0.480 e. The number of carbonyl (C=O) groups is 2. The number of nitrogens with one attached hydrogen (secondary N) is 1. The van der Waals surface area contributed by atoms with Gasteiger partial charge in [0.2, 0.25) is 5.91 Å². The maximum atomic E-state index is 11.9. The third kappa shape index (κ3) is 5.52. The van der Waals surface area contributed by atoms with Crippen LogP contribution in [0.5, 0.6) is 0 Å². The summed E-state index contributed by atoms with van der Waals surface area (Å²) in [5, 5.41) is 8.58. The van der Waals surface area contributed by atoms with E-state index in [1.165, 1.54) is 12.1 Å². The van der Waals surface area contributed by atoms with Crippen LogP contribution in [0.1, 0.15) is 24.8 Å². The molecule has 0 aliphatic carbocycles. The van der Waals surface area contributed by atoms with Crippen molar-refractivity contribution in [2.24, 2.45) is 5.73 Å². The van der Waals surface area contributed by atoms with Crippen molar-refractivity contribution in [1.29, 1.82) is 0 Å². The van der Waals surface area contributed by atoms with Crippen molar-refractivity contribution in [3.05, 3.63) is 29.8 Å². The summed E-state index contributed by atoms with van der Waals surface area (Å²) in [7, 11) is -3.89. The molecular formula is C13H18N2O5S. The molecule has 8 heteroatoms. The Balaban J connectivity index is 2.54. The Hall–Kier alpha value is -1.93. The third-order valence-corrected chi connectivity index (χ3v) is 4.20. The first-order chi connectivity index (χ1) is 9.72. The van der Waals surface area contributed by atoms with Crippen LogP contribution in [0.2, 0.25) is 0 Å². The number of benzene rings is 1. The first kappa shape index (κ1) is 17.1. The van der Waals surface area contributed by atoms with Crippen LogP contribution >= 0.6 is 0 Å². The number of hydrogen-bond donors (Lipinski definition) is 3. The van der Waals surface area contributed by atoms with Gasteiger partial charge in [0, 0.05) is 6.42 Å². The highest BCUT2D eigenvalue weighted by atomic mass is 32.2. The summed E-state index contributed by atoms with van der Waals surface area (Å²) in [6.45, 7) is 1.82. The lowest BCUT2D eigenvalue weighted by atomic mass is 10.1. The second-order valence-corrected chi connectivity index (χ2v) is 6.36. The molecule has 1 rings (SSSR count). The minimum atomic E-state index is -3.89. The van der Waals surface area contributed by atoms with Gasteiger partial charge >= 0.3 is 5.97 Å². The molecule has 1 amide bonds. The maximum Gasteiger partial charge on any atom is 0.320 e. The quantitative estimate of drug-likeness (QED) is 0.668. The molecule has 7 nitrogen and oxygen atoms in total. The van der Waals surface area contributed by atoms with Crippen LogP contribution in [0.3, 0.4) is 0 Å². The van der Waals surface area contributed by atoms with Crippen LogP contribution in [0.4, 0.5) is 0 Å². The van der Waals surface area contributed by atoms with E-state index in [1.54, 1.807) is 12.1 Å². The first-order valence-electron chi connectivity index (χ1n) is 6.33. The second kappa shape index (κ2) is 7.19. The van der Waals surface area contributed by atoms with Gasteiger partial charge in [0.25, 0.3) is 10.0 Å². The van der Waals surface area contributed by atoms with E-state index in [0.29, 0.717) is 0 Å². The molecule has 0 spiro atoms. The van der Waals surface area contributed by atoms with Gasteiger partial charge in [0.05, 0.1) is 4.90 Å². The van der Waals surface area contributed by atoms with Gasteiger partial charge in [-0.15, -0.1) is 0 Å². The highest BCUT2D eigenvalue weighted by Gasteiger charge is 2.18. The molecule has 0 heterocycles. The van der Waals surface area contributed by atoms with Gasteiger partial charge in [-0.2, -0.15) is 0 Å². The number of nitrogens with two attached hydrogens (primary N) is 1. The third-order valence-electron chi connectivity index (χ3n) is 2.82. The molecule has 0 radical (unpaired) electrons. The number of aryl methyl sites for hydroxylation is 1. The predicted octanol–water partition coefficient (Wildman–Crippen LogP) is 0.382. The SMILES string of the molecule is Cc1ccc(S(=O)(=O)NC(=O)CCCC(N)C(=O)O)cc1. The molecule has 21 heavy (non-hydrogen) atoms. The van der Waals surface area contributed by atoms with Gasteiger partial charge in [0.15, 0.2) is 0 Å². The molecule has 4 N–H and O–H groups in total. The van der Waals surface area contributed by atoms with Gasteiger partial charge in [-0.1, -0.05) is 17.7 Å². The summed E-state index contributed by atoms with van der Waals surface area (Å²) in [5.41, 5.74) is 6.19. The summed E-state index contributed by atoms with van der Waals surface area (Å²) >= 11 is 0. The number of carboxylic acid groups (broad SMARTS) is 1. The van der Waals surface area contributed by atoms with Crippen LogP contribution in [0.25, 0.3) is 0 Å². The summed E-state index contributed by atoms with van der Waals surface area (Å²) in [6.07, 6.45) is 0.197. The van der Waals surface area contributed by atoms with E-state index >= 15 is 0 Å². The maximum absolute atomic E-state index is 11.9. The van der Waals surface area contributed by atoms with Crippen molar-refractivity contribution < 1.29 is 23.1 Å². The van der Waals surface area contributed by atoms with Crippen LogP contribution < -0.4 is 10.5 Å². The fourth-order valence-corrected chi connectivity index (χ4v) is 2.60. The number of carboxylic acids is 1. The lowest BCUT2D eigenvalue weighted by Crippen LogP contribution is -2.32. The van der Waals surface area contributed by atoms with E-state index in [1.807, 2.05) is 11.6 Å². The Morgan fingerprint density at radius 1 is 1.29 bits per heavy atom. The first-order valence-corrected chi connectivity index (χ1v) is 7.81. The molecule has 1 aromatic carbocycles. The summed E-state index contributed by atoms with van der Waals surface area (Å²) in [4.78, 5) is 22.1. The van der Waals surface area contributed by atoms with E-state index in [0.717, 1.165) is 5.56 Å². The molecule has 0 saturated carbocycles. The molecule has 0 bridgehead atoms. The molecule has 116 valence electrons. The average Bonchev–Trinajstić information content (AvgIpc) is 2.38.